The molecule has 0 aliphatic carbocycles. The number of nitrogens with one attached hydrogen (secondary N) is 3. The fourth-order valence-electron chi connectivity index (χ4n) is 3.15. The Balaban J connectivity index is 1.81. The van der Waals surface area contributed by atoms with Gasteiger partial charge in [0.25, 0.3) is 11.8 Å². The van der Waals surface area contributed by atoms with Crippen molar-refractivity contribution in [3.8, 4) is 11.7 Å². The van der Waals surface area contributed by atoms with Crippen LogP contribution >= 0.6 is 27.5 Å². The Bertz CT molecular complexity index is 1330. The van der Waals surface area contributed by atoms with Crippen molar-refractivity contribution in [2.45, 2.75) is 6.92 Å². The molecule has 12 heteroatoms. The van der Waals surface area contributed by atoms with Gasteiger partial charge in [-0.05, 0) is 41.1 Å². The third-order valence-electron chi connectivity index (χ3n) is 4.56. The van der Waals surface area contributed by atoms with Gasteiger partial charge in [0.1, 0.15) is 5.69 Å². The molecule has 0 saturated carbocycles. The Hall–Kier alpha value is -3.44. The first kappa shape index (κ1) is 21.8. The molecule has 3 aromatic heterocycles. The van der Waals surface area contributed by atoms with Crippen molar-refractivity contribution < 1.29 is 14.3 Å². The van der Waals surface area contributed by atoms with Crippen molar-refractivity contribution >= 4 is 55.9 Å². The number of halogens is 2. The highest BCUT2D eigenvalue weighted by Gasteiger charge is 2.25. The molecule has 164 valence electrons. The van der Waals surface area contributed by atoms with E-state index in [0.717, 1.165) is 0 Å². The summed E-state index contributed by atoms with van der Waals surface area (Å²) in [6.45, 7) is 2.22. The number of carbonyl (C=O) groups excluding carboxylic acids is 2. The van der Waals surface area contributed by atoms with E-state index in [4.69, 9.17) is 16.3 Å². The summed E-state index contributed by atoms with van der Waals surface area (Å²) in [6, 6.07) is 6.51. The molecule has 0 unspecified atom stereocenters. The van der Waals surface area contributed by atoms with Gasteiger partial charge in [0, 0.05) is 28.7 Å². The number of methoxy groups -OCH3 is 1. The molecule has 0 fully saturated rings. The zero-order valence-corrected chi connectivity index (χ0v) is 19.3. The first-order valence-electron chi connectivity index (χ1n) is 9.44. The van der Waals surface area contributed by atoms with Crippen molar-refractivity contribution in [3.63, 3.8) is 0 Å². The normalized spacial score (nSPS) is 10.9. The van der Waals surface area contributed by atoms with Gasteiger partial charge in [-0.25, -0.2) is 9.67 Å². The van der Waals surface area contributed by atoms with Crippen LogP contribution in [0.2, 0.25) is 5.02 Å². The number of hydrogen-bond donors (Lipinski definition) is 3. The Labute approximate surface area is 195 Å². The van der Waals surface area contributed by atoms with Gasteiger partial charge in [-0.3, -0.25) is 14.7 Å². The largest absolute Gasteiger partial charge is 0.480 e. The number of H-pyrrole nitrogens is 1. The lowest BCUT2D eigenvalue weighted by molar-refractivity contribution is 0.0958. The number of aromatic amines is 1. The van der Waals surface area contributed by atoms with E-state index in [1.165, 1.54) is 24.1 Å². The summed E-state index contributed by atoms with van der Waals surface area (Å²) in [5.74, 6) is -0.455. The van der Waals surface area contributed by atoms with E-state index in [0.29, 0.717) is 26.9 Å². The monoisotopic (exact) mass is 517 g/mol. The molecule has 4 rings (SSSR count). The van der Waals surface area contributed by atoms with E-state index in [1.54, 1.807) is 31.3 Å². The molecule has 10 nitrogen and oxygen atoms in total. The molecule has 0 atom stereocenters. The van der Waals surface area contributed by atoms with E-state index in [-0.39, 0.29) is 34.5 Å². The van der Waals surface area contributed by atoms with Gasteiger partial charge in [-0.2, -0.15) is 5.10 Å². The molecule has 0 aliphatic rings. The van der Waals surface area contributed by atoms with Crippen LogP contribution in [-0.2, 0) is 0 Å². The minimum absolute atomic E-state index is 0.112. The van der Waals surface area contributed by atoms with Crippen LogP contribution in [0.15, 0.2) is 41.1 Å². The molecule has 3 heterocycles. The minimum Gasteiger partial charge on any atom is -0.480 e. The topological polar surface area (TPSA) is 127 Å². The number of carbonyl (C=O) groups is 2. The molecular formula is C20H17BrClN7O3. The lowest BCUT2D eigenvalue weighted by atomic mass is 10.1. The summed E-state index contributed by atoms with van der Waals surface area (Å²) in [4.78, 5) is 30.4. The predicted molar refractivity (Wildman–Crippen MR) is 123 cm³/mol. The van der Waals surface area contributed by atoms with Crippen LogP contribution in [0.5, 0.6) is 5.88 Å². The molecular weight excluding hydrogens is 502 g/mol. The highest BCUT2D eigenvalue weighted by molar-refractivity contribution is 9.10. The second-order valence-corrected chi connectivity index (χ2v) is 7.81. The molecule has 0 aliphatic heterocycles. The number of fused-ring (bicyclic) bond motifs is 1. The maximum absolute atomic E-state index is 13.3. The van der Waals surface area contributed by atoms with Crippen LogP contribution in [0.1, 0.15) is 27.8 Å². The minimum atomic E-state index is -0.548. The second kappa shape index (κ2) is 8.97. The van der Waals surface area contributed by atoms with Gasteiger partial charge in [-0.15, -0.1) is 5.10 Å². The number of aromatic nitrogens is 5. The Morgan fingerprint density at radius 3 is 2.84 bits per heavy atom. The third kappa shape index (κ3) is 3.92. The number of benzene rings is 1. The lowest BCUT2D eigenvalue weighted by Gasteiger charge is -2.14. The van der Waals surface area contributed by atoms with Crippen LogP contribution in [0.3, 0.4) is 0 Å². The van der Waals surface area contributed by atoms with E-state index >= 15 is 0 Å². The summed E-state index contributed by atoms with van der Waals surface area (Å²) in [5, 5.41) is 17.7. The Kier molecular flexibility index (Phi) is 6.10. The molecule has 0 bridgehead atoms. The zero-order valence-electron chi connectivity index (χ0n) is 16.9. The average Bonchev–Trinajstić information content (AvgIpc) is 3.41. The van der Waals surface area contributed by atoms with E-state index < -0.39 is 5.91 Å². The molecule has 3 N–H and O–H groups in total. The fraction of sp³-hybridized carbons (Fsp3) is 0.150. The Morgan fingerprint density at radius 2 is 2.12 bits per heavy atom. The van der Waals surface area contributed by atoms with Crippen molar-refractivity contribution in [3.05, 3.63) is 57.4 Å². The number of amides is 2. The van der Waals surface area contributed by atoms with Crippen molar-refractivity contribution in [2.75, 3.05) is 19.0 Å². The zero-order chi connectivity index (χ0) is 22.8. The highest BCUT2D eigenvalue weighted by Crippen LogP contribution is 2.34. The van der Waals surface area contributed by atoms with Crippen LogP contribution in [0.4, 0.5) is 5.69 Å². The number of hydrogen-bond acceptors (Lipinski definition) is 6. The first-order valence-corrected chi connectivity index (χ1v) is 10.6. The molecule has 4 aromatic rings. The first-order chi connectivity index (χ1) is 15.4. The van der Waals surface area contributed by atoms with E-state index in [1.807, 2.05) is 0 Å². The highest BCUT2D eigenvalue weighted by atomic mass is 79.9. The lowest BCUT2D eigenvalue weighted by Crippen LogP contribution is -2.26. The summed E-state index contributed by atoms with van der Waals surface area (Å²) in [6.07, 6.45) is 3.13. The van der Waals surface area contributed by atoms with Crippen LogP contribution in [0, 0.1) is 0 Å². The van der Waals surface area contributed by atoms with Crippen LogP contribution < -0.4 is 15.4 Å². The summed E-state index contributed by atoms with van der Waals surface area (Å²) < 4.78 is 6.98. The number of pyridine rings is 1. The molecule has 32 heavy (non-hydrogen) atoms. The standard InChI is InChI=1S/C20H17BrClN7O3/c1-3-23-20(31)15-16-10(9-25-27-16)7-11(21)17(15)26-19(30)13-8-14(32-2)28-29(13)18-12(22)5-4-6-24-18/h4-9H,3H2,1-2H3,(H,23,31)(H,25,27)(H,26,30). The maximum Gasteiger partial charge on any atom is 0.274 e. The summed E-state index contributed by atoms with van der Waals surface area (Å²) >= 11 is 9.71. The molecule has 0 saturated heterocycles. The van der Waals surface area contributed by atoms with E-state index in [2.05, 4.69) is 46.8 Å². The van der Waals surface area contributed by atoms with Gasteiger partial charge in [0.2, 0.25) is 5.88 Å². The summed E-state index contributed by atoms with van der Waals surface area (Å²) in [5.41, 5.74) is 1.13. The van der Waals surface area contributed by atoms with Crippen LogP contribution in [-0.4, -0.2) is 50.4 Å². The number of ether oxygens (including phenoxy) is 1. The molecule has 1 aromatic carbocycles. The third-order valence-corrected chi connectivity index (χ3v) is 5.48. The van der Waals surface area contributed by atoms with Crippen molar-refractivity contribution in [2.24, 2.45) is 0 Å². The van der Waals surface area contributed by atoms with Crippen LogP contribution in [0.25, 0.3) is 16.7 Å². The SMILES string of the molecule is CCNC(=O)c1c(NC(=O)c2cc(OC)nn2-c2ncccc2Cl)c(Br)cc2cn[nH]c12. The molecule has 0 radical (unpaired) electrons. The van der Waals surface area contributed by atoms with Crippen molar-refractivity contribution in [1.82, 2.24) is 30.3 Å². The van der Waals surface area contributed by atoms with Gasteiger partial charge < -0.3 is 15.4 Å². The maximum atomic E-state index is 13.3. The quantitative estimate of drug-likeness (QED) is 0.358. The van der Waals surface area contributed by atoms with Gasteiger partial charge >= 0.3 is 0 Å². The van der Waals surface area contributed by atoms with Gasteiger partial charge in [0.05, 0.1) is 35.1 Å². The van der Waals surface area contributed by atoms with Gasteiger partial charge in [-0.1, -0.05) is 11.6 Å². The molecule has 0 spiro atoms. The summed E-state index contributed by atoms with van der Waals surface area (Å²) in [7, 11) is 1.43. The average molecular weight is 519 g/mol. The van der Waals surface area contributed by atoms with Gasteiger partial charge in [0.15, 0.2) is 5.82 Å². The number of rotatable bonds is 6. The predicted octanol–water partition coefficient (Wildman–Crippen LogP) is 3.57. The molecule has 2 amide bonds. The number of anilines is 1. The number of nitrogens with zero attached hydrogens (tertiary/aromatic N) is 4. The second-order valence-electron chi connectivity index (χ2n) is 6.55. The Morgan fingerprint density at radius 1 is 1.31 bits per heavy atom. The smallest absolute Gasteiger partial charge is 0.274 e. The fourth-order valence-corrected chi connectivity index (χ4v) is 3.90. The van der Waals surface area contributed by atoms with E-state index in [9.17, 15) is 9.59 Å². The van der Waals surface area contributed by atoms with Crippen molar-refractivity contribution in [1.29, 1.82) is 0 Å².